The number of ether oxygens (including phenoxy) is 1. The summed E-state index contributed by atoms with van der Waals surface area (Å²) in [6.45, 7) is 4.38. The molecule has 0 atom stereocenters. The number of methoxy groups -OCH3 is 1. The Morgan fingerprint density at radius 3 is 2.60 bits per heavy atom. The van der Waals surface area contributed by atoms with E-state index in [2.05, 4.69) is 29.8 Å². The molecule has 0 aliphatic heterocycles. The number of aromatic hydroxyl groups is 1. The van der Waals surface area contributed by atoms with Gasteiger partial charge in [0, 0.05) is 11.4 Å². The molecule has 84 valence electrons. The van der Waals surface area contributed by atoms with Crippen LogP contribution < -0.4 is 4.74 Å². The summed E-state index contributed by atoms with van der Waals surface area (Å²) >= 11 is 3.50. The van der Waals surface area contributed by atoms with Gasteiger partial charge in [0.25, 0.3) is 0 Å². The van der Waals surface area contributed by atoms with E-state index in [-0.39, 0.29) is 11.2 Å². The third-order valence-corrected chi connectivity index (χ3v) is 3.82. The van der Waals surface area contributed by atoms with Crippen LogP contribution in [-0.2, 0) is 6.42 Å². The maximum atomic E-state index is 9.33. The van der Waals surface area contributed by atoms with Crippen LogP contribution in [0, 0.1) is 5.41 Å². The third kappa shape index (κ3) is 3.42. The minimum atomic E-state index is 0.185. The number of rotatable bonds is 4. The molecule has 0 spiro atoms. The molecule has 0 fully saturated rings. The van der Waals surface area contributed by atoms with Gasteiger partial charge in [0.05, 0.1) is 7.11 Å². The van der Waals surface area contributed by atoms with Crippen LogP contribution in [0.5, 0.6) is 11.5 Å². The summed E-state index contributed by atoms with van der Waals surface area (Å²) in [5, 5.41) is 10.3. The van der Waals surface area contributed by atoms with Gasteiger partial charge in [0.2, 0.25) is 0 Å². The van der Waals surface area contributed by atoms with Crippen LogP contribution in [0.25, 0.3) is 0 Å². The molecule has 0 bridgehead atoms. The van der Waals surface area contributed by atoms with Gasteiger partial charge in [-0.15, -0.1) is 0 Å². The zero-order valence-electron chi connectivity index (χ0n) is 9.38. The second kappa shape index (κ2) is 4.88. The fourth-order valence-electron chi connectivity index (χ4n) is 1.44. The van der Waals surface area contributed by atoms with Gasteiger partial charge in [0.15, 0.2) is 0 Å². The van der Waals surface area contributed by atoms with Crippen LogP contribution in [0.1, 0.15) is 19.4 Å². The fourth-order valence-corrected chi connectivity index (χ4v) is 1.64. The number of benzene rings is 1. The lowest BCUT2D eigenvalue weighted by atomic mass is 9.87. The first-order chi connectivity index (χ1) is 6.98. The molecule has 0 radical (unpaired) electrons. The van der Waals surface area contributed by atoms with Gasteiger partial charge < -0.3 is 9.84 Å². The SMILES string of the molecule is COc1cc(O)ccc1CC(C)(C)CBr. The van der Waals surface area contributed by atoms with E-state index in [0.717, 1.165) is 23.1 Å². The van der Waals surface area contributed by atoms with Crippen LogP contribution >= 0.6 is 15.9 Å². The van der Waals surface area contributed by atoms with Crippen LogP contribution in [0.4, 0.5) is 0 Å². The van der Waals surface area contributed by atoms with Crippen LogP contribution in [-0.4, -0.2) is 17.5 Å². The highest BCUT2D eigenvalue weighted by Crippen LogP contribution is 2.31. The number of alkyl halides is 1. The van der Waals surface area contributed by atoms with Crippen molar-refractivity contribution in [1.82, 2.24) is 0 Å². The molecule has 1 aromatic rings. The first kappa shape index (κ1) is 12.4. The summed E-state index contributed by atoms with van der Waals surface area (Å²) in [6.07, 6.45) is 0.918. The molecule has 1 aromatic carbocycles. The minimum absolute atomic E-state index is 0.185. The summed E-state index contributed by atoms with van der Waals surface area (Å²) in [7, 11) is 1.62. The lowest BCUT2D eigenvalue weighted by Gasteiger charge is -2.22. The largest absolute Gasteiger partial charge is 0.508 e. The molecular weight excluding hydrogens is 256 g/mol. The summed E-state index contributed by atoms with van der Waals surface area (Å²) in [5.41, 5.74) is 1.31. The van der Waals surface area contributed by atoms with Gasteiger partial charge in [-0.3, -0.25) is 0 Å². The maximum Gasteiger partial charge on any atom is 0.125 e. The topological polar surface area (TPSA) is 29.5 Å². The fraction of sp³-hybridized carbons (Fsp3) is 0.500. The van der Waals surface area contributed by atoms with E-state index in [9.17, 15) is 5.11 Å². The Kier molecular flexibility index (Phi) is 4.03. The predicted molar refractivity (Wildman–Crippen MR) is 65.9 cm³/mol. The molecule has 0 heterocycles. The molecule has 0 saturated heterocycles. The van der Waals surface area contributed by atoms with E-state index in [0.29, 0.717) is 0 Å². The smallest absolute Gasteiger partial charge is 0.125 e. The Hall–Kier alpha value is -0.700. The lowest BCUT2D eigenvalue weighted by Crippen LogP contribution is -2.16. The molecule has 0 aromatic heterocycles. The van der Waals surface area contributed by atoms with Crippen LogP contribution in [0.3, 0.4) is 0 Å². The summed E-state index contributed by atoms with van der Waals surface area (Å²) in [5.74, 6) is 0.997. The summed E-state index contributed by atoms with van der Waals surface area (Å²) < 4.78 is 5.24. The zero-order valence-corrected chi connectivity index (χ0v) is 11.0. The highest BCUT2D eigenvalue weighted by atomic mass is 79.9. The Labute approximate surface area is 99.4 Å². The van der Waals surface area contributed by atoms with Gasteiger partial charge in [-0.2, -0.15) is 0 Å². The summed E-state index contributed by atoms with van der Waals surface area (Å²) in [6, 6.07) is 5.26. The van der Waals surface area contributed by atoms with E-state index in [1.54, 1.807) is 19.2 Å². The standard InChI is InChI=1S/C12H17BrO2/c1-12(2,8-13)7-9-4-5-10(14)6-11(9)15-3/h4-6,14H,7-8H2,1-3H3. The highest BCUT2D eigenvalue weighted by molar-refractivity contribution is 9.09. The molecule has 0 aliphatic carbocycles. The molecule has 1 N–H and O–H groups in total. The van der Waals surface area contributed by atoms with Crippen molar-refractivity contribution in [2.75, 3.05) is 12.4 Å². The molecule has 3 heteroatoms. The predicted octanol–water partition coefficient (Wildman–Crippen LogP) is 3.36. The van der Waals surface area contributed by atoms with E-state index in [1.165, 1.54) is 0 Å². The first-order valence-corrected chi connectivity index (χ1v) is 6.02. The normalized spacial score (nSPS) is 11.5. The summed E-state index contributed by atoms with van der Waals surface area (Å²) in [4.78, 5) is 0. The molecule has 1 rings (SSSR count). The van der Waals surface area contributed by atoms with Crippen molar-refractivity contribution in [1.29, 1.82) is 0 Å². The third-order valence-electron chi connectivity index (χ3n) is 2.30. The van der Waals surface area contributed by atoms with Crippen molar-refractivity contribution < 1.29 is 9.84 Å². The van der Waals surface area contributed by atoms with Crippen molar-refractivity contribution in [2.24, 2.45) is 5.41 Å². The van der Waals surface area contributed by atoms with Crippen molar-refractivity contribution in [3.05, 3.63) is 23.8 Å². The Bertz CT molecular complexity index is 334. The van der Waals surface area contributed by atoms with Crippen LogP contribution in [0.2, 0.25) is 0 Å². The monoisotopic (exact) mass is 272 g/mol. The number of phenolic OH excluding ortho intramolecular Hbond substituents is 1. The van der Waals surface area contributed by atoms with Gasteiger partial charge in [-0.1, -0.05) is 35.8 Å². The number of phenols is 1. The van der Waals surface area contributed by atoms with Gasteiger partial charge >= 0.3 is 0 Å². The van der Waals surface area contributed by atoms with E-state index >= 15 is 0 Å². The van der Waals surface area contributed by atoms with E-state index in [4.69, 9.17) is 4.74 Å². The van der Waals surface area contributed by atoms with E-state index in [1.807, 2.05) is 6.07 Å². The Morgan fingerprint density at radius 2 is 2.07 bits per heavy atom. The van der Waals surface area contributed by atoms with Gasteiger partial charge in [-0.25, -0.2) is 0 Å². The minimum Gasteiger partial charge on any atom is -0.508 e. The second-order valence-electron chi connectivity index (χ2n) is 4.47. The maximum absolute atomic E-state index is 9.33. The quantitative estimate of drug-likeness (QED) is 0.852. The number of hydrogen-bond donors (Lipinski definition) is 1. The first-order valence-electron chi connectivity index (χ1n) is 4.90. The van der Waals surface area contributed by atoms with Crippen molar-refractivity contribution in [3.63, 3.8) is 0 Å². The Balaban J connectivity index is 2.94. The molecule has 0 saturated carbocycles. The average molecular weight is 273 g/mol. The highest BCUT2D eigenvalue weighted by Gasteiger charge is 2.19. The van der Waals surface area contributed by atoms with Crippen molar-refractivity contribution >= 4 is 15.9 Å². The number of hydrogen-bond acceptors (Lipinski definition) is 2. The lowest BCUT2D eigenvalue weighted by molar-refractivity contribution is 0.380. The van der Waals surface area contributed by atoms with Gasteiger partial charge in [-0.05, 0) is 23.5 Å². The Morgan fingerprint density at radius 1 is 1.40 bits per heavy atom. The second-order valence-corrected chi connectivity index (χ2v) is 5.03. The van der Waals surface area contributed by atoms with Gasteiger partial charge in [0.1, 0.15) is 11.5 Å². The molecule has 15 heavy (non-hydrogen) atoms. The van der Waals surface area contributed by atoms with E-state index < -0.39 is 0 Å². The van der Waals surface area contributed by atoms with Crippen LogP contribution in [0.15, 0.2) is 18.2 Å². The van der Waals surface area contributed by atoms with Crippen molar-refractivity contribution in [2.45, 2.75) is 20.3 Å². The molecule has 0 amide bonds. The molecular formula is C12H17BrO2. The zero-order chi connectivity index (χ0) is 11.5. The number of halogens is 1. The molecule has 0 unspecified atom stereocenters. The average Bonchev–Trinajstić information content (AvgIpc) is 2.20. The molecule has 0 aliphatic rings. The molecule has 2 nitrogen and oxygen atoms in total. The van der Waals surface area contributed by atoms with Crippen molar-refractivity contribution in [3.8, 4) is 11.5 Å².